The Morgan fingerprint density at radius 1 is 0.950 bits per heavy atom. The quantitative estimate of drug-likeness (QED) is 0.560. The van der Waals surface area contributed by atoms with Gasteiger partial charge in [-0.1, -0.05) is 40.9 Å². The molecule has 3 aromatic rings. The molecule has 2 aromatic carbocycles. The first-order chi connectivity index (χ1) is 9.56. The number of hydrogen-bond acceptors (Lipinski definition) is 2. The Labute approximate surface area is 129 Å². The monoisotopic (exact) mass is 326 g/mol. The minimum Gasteiger partial charge on any atom is -0.228 e. The number of hydrogen-bond donors (Lipinski definition) is 0. The first-order valence-corrected chi connectivity index (χ1v) is 6.77. The molecule has 20 heavy (non-hydrogen) atoms. The molecular formula is C14H6Cl3FN2. The summed E-state index contributed by atoms with van der Waals surface area (Å²) in [6.07, 6.45) is 0. The summed E-state index contributed by atoms with van der Waals surface area (Å²) in [5.41, 5.74) is 0.792. The van der Waals surface area contributed by atoms with Gasteiger partial charge in [0, 0.05) is 10.4 Å². The van der Waals surface area contributed by atoms with Gasteiger partial charge in [-0.15, -0.1) is 0 Å². The molecule has 0 bridgehead atoms. The zero-order valence-electron chi connectivity index (χ0n) is 9.87. The number of fused-ring (bicyclic) bond motifs is 1. The van der Waals surface area contributed by atoms with Crippen LogP contribution in [0.25, 0.3) is 22.3 Å². The van der Waals surface area contributed by atoms with Crippen molar-refractivity contribution < 1.29 is 4.39 Å². The fraction of sp³-hybridized carbons (Fsp3) is 0. The molecule has 0 fully saturated rings. The summed E-state index contributed by atoms with van der Waals surface area (Å²) in [5, 5.41) is 1.38. The summed E-state index contributed by atoms with van der Waals surface area (Å²) in [5.74, 6) is -0.386. The third-order valence-corrected chi connectivity index (χ3v) is 3.62. The summed E-state index contributed by atoms with van der Waals surface area (Å²) in [6, 6.07) is 9.70. The van der Waals surface area contributed by atoms with Crippen molar-refractivity contribution in [1.29, 1.82) is 0 Å². The molecule has 0 amide bonds. The van der Waals surface area contributed by atoms with Gasteiger partial charge in [0.25, 0.3) is 0 Å². The highest BCUT2D eigenvalue weighted by molar-refractivity contribution is 6.36. The molecule has 6 heteroatoms. The fourth-order valence-corrected chi connectivity index (χ4v) is 2.44. The predicted octanol–water partition coefficient (Wildman–Crippen LogP) is 5.40. The van der Waals surface area contributed by atoms with Crippen molar-refractivity contribution in [2.24, 2.45) is 0 Å². The van der Waals surface area contributed by atoms with Crippen LogP contribution in [0.1, 0.15) is 0 Å². The third kappa shape index (κ3) is 2.33. The maximum Gasteiger partial charge on any atom is 0.164 e. The molecule has 0 N–H and O–H groups in total. The zero-order valence-corrected chi connectivity index (χ0v) is 12.1. The van der Waals surface area contributed by atoms with Crippen molar-refractivity contribution in [2.45, 2.75) is 0 Å². The molecule has 3 rings (SSSR count). The van der Waals surface area contributed by atoms with Gasteiger partial charge in [-0.3, -0.25) is 0 Å². The highest BCUT2D eigenvalue weighted by atomic mass is 35.5. The average Bonchev–Trinajstić information content (AvgIpc) is 2.42. The molecule has 1 aromatic heterocycles. The van der Waals surface area contributed by atoms with Crippen molar-refractivity contribution in [3.05, 3.63) is 57.4 Å². The minimum absolute atomic E-state index is 0.0124. The molecule has 0 saturated heterocycles. The first-order valence-electron chi connectivity index (χ1n) is 5.63. The van der Waals surface area contributed by atoms with Gasteiger partial charge in [0.15, 0.2) is 11.6 Å². The van der Waals surface area contributed by atoms with E-state index in [1.165, 1.54) is 6.07 Å². The van der Waals surface area contributed by atoms with E-state index in [-0.39, 0.29) is 21.6 Å². The van der Waals surface area contributed by atoms with Crippen LogP contribution in [0.15, 0.2) is 36.4 Å². The first kappa shape index (κ1) is 13.6. The Hall–Kier alpha value is -1.42. The van der Waals surface area contributed by atoms with E-state index in [2.05, 4.69) is 9.97 Å². The Balaban J connectivity index is 2.28. The van der Waals surface area contributed by atoms with E-state index in [4.69, 9.17) is 34.8 Å². The molecule has 0 aliphatic rings. The SMILES string of the molecule is Fc1c(Cl)cccc1-c1nc(Cl)c2cc(Cl)ccc2n1. The lowest BCUT2D eigenvalue weighted by atomic mass is 10.2. The Morgan fingerprint density at radius 3 is 2.55 bits per heavy atom. The van der Waals surface area contributed by atoms with Crippen LogP contribution in [0.5, 0.6) is 0 Å². The van der Waals surface area contributed by atoms with Crippen LogP contribution in [-0.4, -0.2) is 9.97 Å². The van der Waals surface area contributed by atoms with Crippen molar-refractivity contribution in [1.82, 2.24) is 9.97 Å². The van der Waals surface area contributed by atoms with Crippen LogP contribution in [0, 0.1) is 5.82 Å². The molecule has 0 aliphatic carbocycles. The van der Waals surface area contributed by atoms with E-state index in [1.54, 1.807) is 30.3 Å². The number of benzene rings is 2. The summed E-state index contributed by atoms with van der Waals surface area (Å²) >= 11 is 17.8. The highest BCUT2D eigenvalue weighted by Gasteiger charge is 2.14. The number of halogens is 4. The average molecular weight is 328 g/mol. The van der Waals surface area contributed by atoms with Gasteiger partial charge in [0.1, 0.15) is 5.15 Å². The summed E-state index contributed by atoms with van der Waals surface area (Å²) in [7, 11) is 0. The Kier molecular flexibility index (Phi) is 3.50. The number of aromatic nitrogens is 2. The Bertz CT molecular complexity index is 821. The highest BCUT2D eigenvalue weighted by Crippen LogP contribution is 2.30. The summed E-state index contributed by atoms with van der Waals surface area (Å²) in [6.45, 7) is 0. The van der Waals surface area contributed by atoms with E-state index in [0.717, 1.165) is 0 Å². The molecule has 100 valence electrons. The lowest BCUT2D eigenvalue weighted by Gasteiger charge is -2.06. The van der Waals surface area contributed by atoms with Crippen LogP contribution in [0.4, 0.5) is 4.39 Å². The molecule has 0 aliphatic heterocycles. The molecule has 0 saturated carbocycles. The predicted molar refractivity (Wildman–Crippen MR) is 80.0 cm³/mol. The van der Waals surface area contributed by atoms with Crippen molar-refractivity contribution in [3.63, 3.8) is 0 Å². The van der Waals surface area contributed by atoms with Gasteiger partial charge in [-0.2, -0.15) is 0 Å². The summed E-state index contributed by atoms with van der Waals surface area (Å²) < 4.78 is 14.0. The van der Waals surface area contributed by atoms with E-state index >= 15 is 0 Å². The second-order valence-electron chi connectivity index (χ2n) is 4.10. The largest absolute Gasteiger partial charge is 0.228 e. The van der Waals surface area contributed by atoms with Gasteiger partial charge < -0.3 is 0 Å². The molecule has 0 atom stereocenters. The lowest BCUT2D eigenvalue weighted by Crippen LogP contribution is -1.94. The zero-order chi connectivity index (χ0) is 14.3. The summed E-state index contributed by atoms with van der Waals surface area (Å²) in [4.78, 5) is 8.41. The van der Waals surface area contributed by atoms with Crippen molar-refractivity contribution in [2.75, 3.05) is 0 Å². The van der Waals surface area contributed by atoms with Crippen LogP contribution < -0.4 is 0 Å². The van der Waals surface area contributed by atoms with Gasteiger partial charge >= 0.3 is 0 Å². The van der Waals surface area contributed by atoms with Crippen LogP contribution >= 0.6 is 34.8 Å². The number of nitrogens with zero attached hydrogens (tertiary/aromatic N) is 2. The minimum atomic E-state index is -0.571. The second kappa shape index (κ2) is 5.17. The molecule has 1 heterocycles. The fourth-order valence-electron chi connectivity index (χ4n) is 1.86. The second-order valence-corrected chi connectivity index (χ2v) is 5.30. The standard InChI is InChI=1S/C14H6Cl3FN2/c15-7-4-5-11-9(6-7)13(17)20-14(19-11)8-2-1-3-10(16)12(8)18/h1-6H. The molecule has 0 spiro atoms. The van der Waals surface area contributed by atoms with Crippen LogP contribution in [0.3, 0.4) is 0 Å². The van der Waals surface area contributed by atoms with Crippen LogP contribution in [-0.2, 0) is 0 Å². The maximum absolute atomic E-state index is 14.0. The molecule has 0 radical (unpaired) electrons. The Morgan fingerprint density at radius 2 is 1.75 bits per heavy atom. The topological polar surface area (TPSA) is 25.8 Å². The van der Waals surface area contributed by atoms with Gasteiger partial charge in [-0.05, 0) is 30.3 Å². The van der Waals surface area contributed by atoms with E-state index in [1.807, 2.05) is 0 Å². The van der Waals surface area contributed by atoms with Gasteiger partial charge in [0.2, 0.25) is 0 Å². The normalized spacial score (nSPS) is 11.0. The van der Waals surface area contributed by atoms with E-state index in [0.29, 0.717) is 15.9 Å². The smallest absolute Gasteiger partial charge is 0.164 e. The van der Waals surface area contributed by atoms with E-state index < -0.39 is 5.82 Å². The maximum atomic E-state index is 14.0. The van der Waals surface area contributed by atoms with Crippen LogP contribution in [0.2, 0.25) is 15.2 Å². The molecule has 0 unspecified atom stereocenters. The number of rotatable bonds is 1. The molecular weight excluding hydrogens is 322 g/mol. The molecule has 2 nitrogen and oxygen atoms in total. The van der Waals surface area contributed by atoms with Crippen molar-refractivity contribution >= 4 is 45.7 Å². The third-order valence-electron chi connectivity index (χ3n) is 2.80. The van der Waals surface area contributed by atoms with E-state index in [9.17, 15) is 4.39 Å². The van der Waals surface area contributed by atoms with Crippen molar-refractivity contribution in [3.8, 4) is 11.4 Å². The lowest BCUT2D eigenvalue weighted by molar-refractivity contribution is 0.630. The van der Waals surface area contributed by atoms with Gasteiger partial charge in [0.05, 0.1) is 16.1 Å². The van der Waals surface area contributed by atoms with Gasteiger partial charge in [-0.25, -0.2) is 14.4 Å².